The average molecular weight is 289 g/mol. The number of benzene rings is 1. The van der Waals surface area contributed by atoms with E-state index in [1.165, 1.54) is 31.2 Å². The van der Waals surface area contributed by atoms with Crippen LogP contribution in [-0.2, 0) is 4.74 Å². The normalized spacial score (nSPS) is 11.6. The Morgan fingerprint density at radius 2 is 1.81 bits per heavy atom. The van der Waals surface area contributed by atoms with Crippen molar-refractivity contribution in [2.75, 3.05) is 26.3 Å². The SMILES string of the molecule is CC(C)CNCCCCCCOCC=Cc1ccccc1. The van der Waals surface area contributed by atoms with Gasteiger partial charge in [0.05, 0.1) is 6.61 Å². The number of unbranched alkanes of at least 4 members (excludes halogenated alkanes) is 3. The maximum Gasteiger partial charge on any atom is 0.0650 e. The molecular formula is C19H31NO. The molecule has 0 aromatic heterocycles. The fourth-order valence-corrected chi connectivity index (χ4v) is 2.10. The van der Waals surface area contributed by atoms with E-state index in [9.17, 15) is 0 Å². The van der Waals surface area contributed by atoms with Gasteiger partial charge in [-0.25, -0.2) is 0 Å². The van der Waals surface area contributed by atoms with Crippen LogP contribution in [0.1, 0.15) is 45.1 Å². The van der Waals surface area contributed by atoms with Gasteiger partial charge < -0.3 is 10.1 Å². The van der Waals surface area contributed by atoms with Gasteiger partial charge in [-0.05, 0) is 37.4 Å². The lowest BCUT2D eigenvalue weighted by Crippen LogP contribution is -2.20. The summed E-state index contributed by atoms with van der Waals surface area (Å²) in [4.78, 5) is 0. The van der Waals surface area contributed by atoms with Crippen LogP contribution in [0.3, 0.4) is 0 Å². The lowest BCUT2D eigenvalue weighted by Gasteiger charge is -2.07. The molecule has 0 atom stereocenters. The lowest BCUT2D eigenvalue weighted by atomic mass is 10.2. The quantitative estimate of drug-likeness (QED) is 0.571. The van der Waals surface area contributed by atoms with Crippen molar-refractivity contribution < 1.29 is 4.74 Å². The third kappa shape index (κ3) is 11.2. The number of rotatable bonds is 12. The molecule has 1 N–H and O–H groups in total. The topological polar surface area (TPSA) is 21.3 Å². The molecule has 0 heterocycles. The standard InChI is InChI=1S/C19H31NO/c1-18(2)17-20-14-8-3-4-9-15-21-16-10-13-19-11-6-5-7-12-19/h5-7,10-13,18,20H,3-4,8-9,14-17H2,1-2H3. The molecule has 0 saturated carbocycles. The Morgan fingerprint density at radius 1 is 1.05 bits per heavy atom. The zero-order valence-corrected chi connectivity index (χ0v) is 13.7. The molecule has 0 radical (unpaired) electrons. The first kappa shape index (κ1) is 17.9. The lowest BCUT2D eigenvalue weighted by molar-refractivity contribution is 0.157. The molecule has 1 aromatic carbocycles. The first-order valence-electron chi connectivity index (χ1n) is 8.29. The van der Waals surface area contributed by atoms with Crippen LogP contribution in [0.2, 0.25) is 0 Å². The molecule has 0 unspecified atom stereocenters. The molecule has 0 amide bonds. The molecular weight excluding hydrogens is 258 g/mol. The van der Waals surface area contributed by atoms with E-state index in [0.29, 0.717) is 6.61 Å². The van der Waals surface area contributed by atoms with Gasteiger partial charge in [0.1, 0.15) is 0 Å². The Bertz CT molecular complexity index is 359. The zero-order valence-electron chi connectivity index (χ0n) is 13.7. The van der Waals surface area contributed by atoms with Gasteiger partial charge in [-0.2, -0.15) is 0 Å². The Morgan fingerprint density at radius 3 is 2.57 bits per heavy atom. The highest BCUT2D eigenvalue weighted by Gasteiger charge is 1.93. The van der Waals surface area contributed by atoms with Gasteiger partial charge in [-0.15, -0.1) is 0 Å². The van der Waals surface area contributed by atoms with Gasteiger partial charge in [0, 0.05) is 6.61 Å². The van der Waals surface area contributed by atoms with Crippen molar-refractivity contribution >= 4 is 6.08 Å². The summed E-state index contributed by atoms with van der Waals surface area (Å²) in [5, 5.41) is 3.48. The molecule has 1 rings (SSSR count). The highest BCUT2D eigenvalue weighted by molar-refractivity contribution is 5.48. The van der Waals surface area contributed by atoms with Gasteiger partial charge in [0.2, 0.25) is 0 Å². The van der Waals surface area contributed by atoms with E-state index in [0.717, 1.165) is 25.6 Å². The van der Waals surface area contributed by atoms with Gasteiger partial charge in [-0.1, -0.05) is 69.2 Å². The van der Waals surface area contributed by atoms with Crippen LogP contribution in [-0.4, -0.2) is 26.3 Å². The molecule has 0 aliphatic heterocycles. The molecule has 118 valence electrons. The molecule has 0 bridgehead atoms. The van der Waals surface area contributed by atoms with Crippen molar-refractivity contribution in [3.8, 4) is 0 Å². The van der Waals surface area contributed by atoms with Crippen molar-refractivity contribution in [2.45, 2.75) is 39.5 Å². The average Bonchev–Trinajstić information content (AvgIpc) is 2.49. The summed E-state index contributed by atoms with van der Waals surface area (Å²) in [5.41, 5.74) is 1.23. The first-order valence-corrected chi connectivity index (χ1v) is 8.29. The highest BCUT2D eigenvalue weighted by atomic mass is 16.5. The van der Waals surface area contributed by atoms with Crippen LogP contribution in [0.5, 0.6) is 0 Å². The number of hydrogen-bond acceptors (Lipinski definition) is 2. The molecule has 1 aromatic rings. The second-order valence-corrected chi connectivity index (χ2v) is 5.90. The Hall–Kier alpha value is -1.12. The predicted octanol–water partition coefficient (Wildman–Crippen LogP) is 4.52. The van der Waals surface area contributed by atoms with Gasteiger partial charge in [0.15, 0.2) is 0 Å². The van der Waals surface area contributed by atoms with Crippen LogP contribution in [0.25, 0.3) is 6.08 Å². The maximum absolute atomic E-state index is 5.61. The minimum atomic E-state index is 0.713. The van der Waals surface area contributed by atoms with E-state index in [2.05, 4.69) is 55.6 Å². The molecule has 2 nitrogen and oxygen atoms in total. The molecule has 0 saturated heterocycles. The number of hydrogen-bond donors (Lipinski definition) is 1. The van der Waals surface area contributed by atoms with Crippen molar-refractivity contribution in [3.63, 3.8) is 0 Å². The summed E-state index contributed by atoms with van der Waals surface area (Å²) >= 11 is 0. The van der Waals surface area contributed by atoms with Crippen molar-refractivity contribution in [2.24, 2.45) is 5.92 Å². The van der Waals surface area contributed by atoms with Gasteiger partial charge >= 0.3 is 0 Å². The molecule has 0 fully saturated rings. The summed E-state index contributed by atoms with van der Waals surface area (Å²) in [5.74, 6) is 0.752. The molecule has 2 heteroatoms. The van der Waals surface area contributed by atoms with Crippen LogP contribution in [0.4, 0.5) is 0 Å². The molecule has 0 aliphatic carbocycles. The molecule has 0 aliphatic rings. The van der Waals surface area contributed by atoms with Gasteiger partial charge in [0.25, 0.3) is 0 Å². The second kappa shape index (κ2) is 12.6. The van der Waals surface area contributed by atoms with Crippen molar-refractivity contribution in [3.05, 3.63) is 42.0 Å². The van der Waals surface area contributed by atoms with Gasteiger partial charge in [-0.3, -0.25) is 0 Å². The van der Waals surface area contributed by atoms with Crippen LogP contribution >= 0.6 is 0 Å². The Balaban J connectivity index is 1.84. The predicted molar refractivity (Wildman–Crippen MR) is 92.5 cm³/mol. The summed E-state index contributed by atoms with van der Waals surface area (Å²) in [6.45, 7) is 8.37. The summed E-state index contributed by atoms with van der Waals surface area (Å²) in [6, 6.07) is 10.3. The Labute approximate surface area is 130 Å². The van der Waals surface area contributed by atoms with Crippen molar-refractivity contribution in [1.82, 2.24) is 5.32 Å². The van der Waals surface area contributed by atoms with E-state index in [1.807, 2.05) is 6.07 Å². The minimum absolute atomic E-state index is 0.713. The second-order valence-electron chi connectivity index (χ2n) is 5.90. The fourth-order valence-electron chi connectivity index (χ4n) is 2.10. The van der Waals surface area contributed by atoms with E-state index in [-0.39, 0.29) is 0 Å². The first-order chi connectivity index (χ1) is 10.3. The molecule has 0 spiro atoms. The summed E-state index contributed by atoms with van der Waals surface area (Å²) in [7, 11) is 0. The van der Waals surface area contributed by atoms with Crippen LogP contribution in [0, 0.1) is 5.92 Å². The fraction of sp³-hybridized carbons (Fsp3) is 0.579. The maximum atomic E-state index is 5.61. The van der Waals surface area contributed by atoms with E-state index < -0.39 is 0 Å². The minimum Gasteiger partial charge on any atom is -0.377 e. The smallest absolute Gasteiger partial charge is 0.0650 e. The number of ether oxygens (including phenoxy) is 1. The third-order valence-electron chi connectivity index (χ3n) is 3.27. The van der Waals surface area contributed by atoms with E-state index in [4.69, 9.17) is 4.74 Å². The zero-order chi connectivity index (χ0) is 15.2. The summed E-state index contributed by atoms with van der Waals surface area (Å²) < 4.78 is 5.61. The highest BCUT2D eigenvalue weighted by Crippen LogP contribution is 2.02. The number of nitrogens with one attached hydrogen (secondary N) is 1. The van der Waals surface area contributed by atoms with E-state index in [1.54, 1.807) is 0 Å². The third-order valence-corrected chi connectivity index (χ3v) is 3.27. The van der Waals surface area contributed by atoms with Crippen LogP contribution in [0.15, 0.2) is 36.4 Å². The van der Waals surface area contributed by atoms with E-state index >= 15 is 0 Å². The summed E-state index contributed by atoms with van der Waals surface area (Å²) in [6.07, 6.45) is 9.22. The monoisotopic (exact) mass is 289 g/mol. The Kier molecular flexibility index (Phi) is 10.8. The van der Waals surface area contributed by atoms with Crippen molar-refractivity contribution in [1.29, 1.82) is 0 Å². The van der Waals surface area contributed by atoms with Crippen LogP contribution < -0.4 is 5.32 Å². The largest absolute Gasteiger partial charge is 0.377 e. The molecule has 21 heavy (non-hydrogen) atoms.